The largest absolute Gasteiger partial charge is 1.00 e. The van der Waals surface area contributed by atoms with Crippen molar-refractivity contribution in [2.75, 3.05) is 11.6 Å². The number of carbonyl (C=O) groups is 1. The maximum Gasteiger partial charge on any atom is 0.276 e. The van der Waals surface area contributed by atoms with Gasteiger partial charge in [0.25, 0.3) is 5.91 Å². The number of amides is 1. The van der Waals surface area contributed by atoms with Gasteiger partial charge >= 0.3 is 0 Å². The summed E-state index contributed by atoms with van der Waals surface area (Å²) in [7, 11) is -3.00. The summed E-state index contributed by atoms with van der Waals surface area (Å²) in [5.74, 6) is -0.677. The quantitative estimate of drug-likeness (QED) is 0.441. The van der Waals surface area contributed by atoms with Crippen LogP contribution in [0.4, 0.5) is 0 Å². The van der Waals surface area contributed by atoms with Crippen LogP contribution in [0.5, 0.6) is 0 Å². The number of hydrogen-bond donors (Lipinski definition) is 2. The molecule has 1 rings (SSSR count). The van der Waals surface area contributed by atoms with E-state index in [0.717, 1.165) is 0 Å². The Morgan fingerprint density at radius 1 is 1.55 bits per heavy atom. The van der Waals surface area contributed by atoms with Crippen LogP contribution in [0.25, 0.3) is 0 Å². The Bertz CT molecular complexity index is 250. The zero-order valence-corrected chi connectivity index (χ0v) is 7.23. The predicted octanol–water partition coefficient (Wildman–Crippen LogP) is -6.21. The van der Waals surface area contributed by atoms with Gasteiger partial charge in [0.1, 0.15) is 5.75 Å². The highest BCUT2D eigenvalue weighted by molar-refractivity contribution is 7.91. The minimum Gasteiger partial charge on any atom is -1.00 e. The molecule has 0 aliphatic carbocycles. The maximum atomic E-state index is 10.7. The molecular weight excluding hydrogens is 192 g/mol. The van der Waals surface area contributed by atoms with E-state index < -0.39 is 21.8 Å². The molecule has 1 atom stereocenters. The van der Waals surface area contributed by atoms with Gasteiger partial charge in [-0.3, -0.25) is 4.79 Å². The van der Waals surface area contributed by atoms with E-state index in [1.165, 1.54) is 5.32 Å². The van der Waals surface area contributed by atoms with E-state index in [2.05, 4.69) is 0 Å². The molecular formula is C4H9ClN2O3S. The van der Waals surface area contributed by atoms with E-state index >= 15 is 0 Å². The molecule has 4 N–H and O–H groups in total. The topological polar surface area (TPSA) is 93.8 Å². The SMILES string of the molecule is NC(=O)C1CS(=O)(=O)C[NH2+]1.[Cl-]. The molecule has 1 amide bonds. The number of rotatable bonds is 1. The van der Waals surface area contributed by atoms with E-state index in [1.54, 1.807) is 0 Å². The Balaban J connectivity index is 0.000001000. The highest BCUT2D eigenvalue weighted by atomic mass is 35.5. The molecule has 5 nitrogen and oxygen atoms in total. The number of halogens is 1. The van der Waals surface area contributed by atoms with Gasteiger partial charge in [0.15, 0.2) is 11.9 Å². The van der Waals surface area contributed by atoms with E-state index in [9.17, 15) is 13.2 Å². The van der Waals surface area contributed by atoms with Crippen molar-refractivity contribution in [1.29, 1.82) is 0 Å². The fourth-order valence-corrected chi connectivity index (χ4v) is 2.38. The van der Waals surface area contributed by atoms with Crippen molar-refractivity contribution in [1.82, 2.24) is 0 Å². The molecule has 0 radical (unpaired) electrons. The zero-order valence-electron chi connectivity index (χ0n) is 5.66. The molecule has 7 heteroatoms. The van der Waals surface area contributed by atoms with Gasteiger partial charge in [0.05, 0.1) is 0 Å². The van der Waals surface area contributed by atoms with Crippen LogP contribution in [0.15, 0.2) is 0 Å². The fraction of sp³-hybridized carbons (Fsp3) is 0.750. The summed E-state index contributed by atoms with van der Waals surface area (Å²) in [6.45, 7) is 0. The second-order valence-corrected chi connectivity index (χ2v) is 4.48. The Morgan fingerprint density at radius 3 is 2.27 bits per heavy atom. The molecule has 0 aromatic rings. The molecule has 66 valence electrons. The fourth-order valence-electron chi connectivity index (χ4n) is 0.871. The van der Waals surface area contributed by atoms with Crippen LogP contribution in [0.3, 0.4) is 0 Å². The molecule has 0 aromatic heterocycles. The monoisotopic (exact) mass is 200 g/mol. The van der Waals surface area contributed by atoms with Gasteiger partial charge in [-0.1, -0.05) is 0 Å². The first-order valence-corrected chi connectivity index (χ1v) is 4.66. The van der Waals surface area contributed by atoms with Crippen LogP contribution in [-0.4, -0.2) is 32.0 Å². The molecule has 1 fully saturated rings. The second-order valence-electron chi connectivity index (χ2n) is 2.32. The van der Waals surface area contributed by atoms with Gasteiger partial charge < -0.3 is 23.5 Å². The number of primary amides is 1. The van der Waals surface area contributed by atoms with Gasteiger partial charge in [0, 0.05) is 0 Å². The molecule has 1 unspecified atom stereocenters. The van der Waals surface area contributed by atoms with Crippen LogP contribution >= 0.6 is 0 Å². The molecule has 1 aliphatic heterocycles. The van der Waals surface area contributed by atoms with E-state index in [1.807, 2.05) is 0 Å². The Kier molecular flexibility index (Phi) is 3.28. The number of sulfone groups is 1. The van der Waals surface area contributed by atoms with Gasteiger partial charge in [-0.05, 0) is 0 Å². The lowest BCUT2D eigenvalue weighted by molar-refractivity contribution is -0.648. The number of carbonyl (C=O) groups excluding carboxylic acids is 1. The Labute approximate surface area is 70.7 Å². The Hall–Kier alpha value is -0.330. The number of nitrogens with two attached hydrogens (primary N) is 2. The smallest absolute Gasteiger partial charge is 0.276 e. The maximum absolute atomic E-state index is 10.7. The predicted molar refractivity (Wildman–Crippen MR) is 33.6 cm³/mol. The van der Waals surface area contributed by atoms with Crippen LogP contribution in [0, 0.1) is 0 Å². The molecule has 1 aliphatic rings. The number of hydrogen-bond acceptors (Lipinski definition) is 3. The zero-order chi connectivity index (χ0) is 7.78. The summed E-state index contributed by atoms with van der Waals surface area (Å²) in [5, 5.41) is 1.44. The van der Waals surface area contributed by atoms with Crippen LogP contribution < -0.4 is 23.5 Å². The molecule has 0 spiro atoms. The molecule has 0 bridgehead atoms. The lowest BCUT2D eigenvalue weighted by Crippen LogP contribution is -3.00. The average molecular weight is 201 g/mol. The van der Waals surface area contributed by atoms with Crippen LogP contribution in [-0.2, 0) is 14.6 Å². The van der Waals surface area contributed by atoms with Crippen molar-refractivity contribution >= 4 is 15.7 Å². The summed E-state index contributed by atoms with van der Waals surface area (Å²) in [6.07, 6.45) is 0. The normalized spacial score (nSPS) is 27.5. The highest BCUT2D eigenvalue weighted by Gasteiger charge is 2.35. The van der Waals surface area contributed by atoms with E-state index in [4.69, 9.17) is 5.73 Å². The van der Waals surface area contributed by atoms with Crippen molar-refractivity contribution in [2.24, 2.45) is 5.73 Å². The minimum absolute atomic E-state index is 0. The van der Waals surface area contributed by atoms with Crippen molar-refractivity contribution in [2.45, 2.75) is 6.04 Å². The van der Waals surface area contributed by atoms with E-state index in [0.29, 0.717) is 0 Å². The first-order valence-electron chi connectivity index (χ1n) is 2.84. The first-order chi connectivity index (χ1) is 4.51. The summed E-state index contributed by atoms with van der Waals surface area (Å²) < 4.78 is 21.4. The third kappa shape index (κ3) is 2.64. The van der Waals surface area contributed by atoms with Crippen molar-refractivity contribution in [3.05, 3.63) is 0 Å². The molecule has 0 saturated carbocycles. The van der Waals surface area contributed by atoms with Crippen molar-refractivity contribution in [3.8, 4) is 0 Å². The molecule has 11 heavy (non-hydrogen) atoms. The van der Waals surface area contributed by atoms with E-state index in [-0.39, 0.29) is 24.0 Å². The van der Waals surface area contributed by atoms with Crippen molar-refractivity contribution < 1.29 is 30.9 Å². The number of quaternary nitrogens is 1. The summed E-state index contributed by atoms with van der Waals surface area (Å²) in [6, 6.07) is -0.565. The summed E-state index contributed by atoms with van der Waals surface area (Å²) in [4.78, 5) is 10.4. The van der Waals surface area contributed by atoms with Gasteiger partial charge in [-0.25, -0.2) is 8.42 Å². The molecule has 1 heterocycles. The molecule has 1 saturated heterocycles. The van der Waals surface area contributed by atoms with Gasteiger partial charge in [0.2, 0.25) is 9.84 Å². The lowest BCUT2D eigenvalue weighted by Gasteiger charge is -1.95. The average Bonchev–Trinajstić information content (AvgIpc) is 2.10. The first kappa shape index (κ1) is 10.7. The Morgan fingerprint density at radius 2 is 2.09 bits per heavy atom. The summed E-state index contributed by atoms with van der Waals surface area (Å²) >= 11 is 0. The standard InChI is InChI=1S/C4H8N2O3S.ClH/c5-4(7)3-1-10(8,9)2-6-3;/h3,6H,1-2H2,(H2,5,7);1H. The third-order valence-corrected chi connectivity index (χ3v) is 3.00. The highest BCUT2D eigenvalue weighted by Crippen LogP contribution is 1.93. The van der Waals surface area contributed by atoms with Crippen LogP contribution in [0.1, 0.15) is 0 Å². The second kappa shape index (κ2) is 3.38. The van der Waals surface area contributed by atoms with Gasteiger partial charge in [-0.2, -0.15) is 0 Å². The summed E-state index contributed by atoms with van der Waals surface area (Å²) in [5.41, 5.74) is 4.88. The third-order valence-electron chi connectivity index (χ3n) is 1.43. The minimum atomic E-state index is -3.00. The lowest BCUT2D eigenvalue weighted by atomic mass is 10.3. The van der Waals surface area contributed by atoms with Gasteiger partial charge in [-0.15, -0.1) is 0 Å². The van der Waals surface area contributed by atoms with Crippen molar-refractivity contribution in [3.63, 3.8) is 0 Å². The van der Waals surface area contributed by atoms with Crippen LogP contribution in [0.2, 0.25) is 0 Å². The molecule has 0 aromatic carbocycles.